The lowest BCUT2D eigenvalue weighted by molar-refractivity contribution is -0.117. The van der Waals surface area contributed by atoms with Crippen LogP contribution in [0.4, 0.5) is 16.4 Å². The number of carbonyl (C=O) groups excluding carboxylic acids is 2. The number of furan rings is 1. The molecule has 0 unspecified atom stereocenters. The van der Waals surface area contributed by atoms with Crippen LogP contribution in [0, 0.1) is 6.92 Å². The van der Waals surface area contributed by atoms with Gasteiger partial charge in [-0.3, -0.25) is 10.1 Å². The number of benzene rings is 1. The van der Waals surface area contributed by atoms with Gasteiger partial charge in [-0.15, -0.1) is 0 Å². The largest absolute Gasteiger partial charge is 0.449 e. The van der Waals surface area contributed by atoms with Crippen molar-refractivity contribution in [1.82, 2.24) is 0 Å². The molecule has 5 nitrogen and oxygen atoms in total. The van der Waals surface area contributed by atoms with Crippen LogP contribution in [0.2, 0.25) is 0 Å². The Bertz CT molecular complexity index is 723. The van der Waals surface area contributed by atoms with Crippen LogP contribution in [0.15, 0.2) is 41.0 Å². The summed E-state index contributed by atoms with van der Waals surface area (Å²) in [5.74, 6) is 0.430. The average molecular weight is 330 g/mol. The summed E-state index contributed by atoms with van der Waals surface area (Å²) in [4.78, 5) is 24.5. The minimum Gasteiger partial charge on any atom is -0.449 e. The maximum absolute atomic E-state index is 11.9. The fraction of sp³-hybridized carbons (Fsp3) is 0.235. The van der Waals surface area contributed by atoms with Gasteiger partial charge in [-0.05, 0) is 48.0 Å². The van der Waals surface area contributed by atoms with Crippen molar-refractivity contribution in [2.75, 3.05) is 10.6 Å². The van der Waals surface area contributed by atoms with Crippen LogP contribution in [0.25, 0.3) is 0 Å². The number of thiocarbonyl (C=S) groups is 1. The van der Waals surface area contributed by atoms with Gasteiger partial charge < -0.3 is 9.73 Å². The van der Waals surface area contributed by atoms with Crippen molar-refractivity contribution >= 4 is 40.5 Å². The van der Waals surface area contributed by atoms with Crippen LogP contribution in [-0.4, -0.2) is 16.7 Å². The maximum atomic E-state index is 11.9. The van der Waals surface area contributed by atoms with Crippen molar-refractivity contribution < 1.29 is 14.0 Å². The van der Waals surface area contributed by atoms with Crippen molar-refractivity contribution in [1.29, 1.82) is 0 Å². The summed E-state index contributed by atoms with van der Waals surface area (Å²) in [7, 11) is 0. The lowest BCUT2D eigenvalue weighted by Crippen LogP contribution is -2.19. The lowest BCUT2D eigenvalue weighted by Gasteiger charge is -2.10. The zero-order valence-electron chi connectivity index (χ0n) is 13.0. The molecular weight excluding hydrogens is 312 g/mol. The first kappa shape index (κ1) is 16.9. The van der Waals surface area contributed by atoms with Crippen LogP contribution >= 0.6 is 12.2 Å². The molecule has 0 saturated heterocycles. The van der Waals surface area contributed by atoms with E-state index in [9.17, 15) is 9.59 Å². The molecule has 1 aromatic carbocycles. The van der Waals surface area contributed by atoms with E-state index in [0.717, 1.165) is 11.1 Å². The summed E-state index contributed by atoms with van der Waals surface area (Å²) in [5.41, 5.74) is 2.49. The van der Waals surface area contributed by atoms with Crippen molar-refractivity contribution in [3.8, 4) is 0 Å². The molecule has 2 N–H and O–H groups in total. The number of nitrogens with one attached hydrogen (secondary N) is 2. The Morgan fingerprint density at radius 2 is 2.00 bits per heavy atom. The molecule has 0 spiro atoms. The predicted molar refractivity (Wildman–Crippen MR) is 94.1 cm³/mol. The number of hydrogen-bond donors (Lipinski definition) is 2. The Labute approximate surface area is 140 Å². The summed E-state index contributed by atoms with van der Waals surface area (Å²) in [5, 5.41) is 5.29. The molecule has 0 bridgehead atoms. The first-order chi connectivity index (χ1) is 10.9. The van der Waals surface area contributed by atoms with Crippen LogP contribution in [0.3, 0.4) is 0 Å². The monoisotopic (exact) mass is 330 g/mol. The molecule has 2 amide bonds. The van der Waals surface area contributed by atoms with Crippen LogP contribution in [0.5, 0.6) is 0 Å². The highest BCUT2D eigenvalue weighted by molar-refractivity contribution is 7.80. The molecule has 0 aliphatic heterocycles. The summed E-state index contributed by atoms with van der Waals surface area (Å²) in [6.07, 6.45) is 2.07. The zero-order chi connectivity index (χ0) is 16.8. The molecule has 0 saturated carbocycles. The number of urea groups is 1. The van der Waals surface area contributed by atoms with Gasteiger partial charge in [0, 0.05) is 24.6 Å². The second-order valence-corrected chi connectivity index (χ2v) is 5.99. The first-order valence-corrected chi connectivity index (χ1v) is 7.57. The second-order valence-electron chi connectivity index (χ2n) is 5.29. The standard InChI is InChI=1S/C17H18N2O3S/c1-11-5-6-14(9-13(11)10-15(20)8-12(2)23)18-17(21)19-16-4-3-7-22-16/h3-7,9H,8,10H2,1-2H3,(H2,18,19,21). The Kier molecular flexibility index (Phi) is 5.65. The topological polar surface area (TPSA) is 71.3 Å². The molecule has 0 fully saturated rings. The summed E-state index contributed by atoms with van der Waals surface area (Å²) in [6.45, 7) is 3.69. The van der Waals surface area contributed by atoms with Crippen molar-refractivity contribution in [3.05, 3.63) is 47.7 Å². The van der Waals surface area contributed by atoms with E-state index in [4.69, 9.17) is 16.6 Å². The van der Waals surface area contributed by atoms with E-state index in [-0.39, 0.29) is 5.78 Å². The Morgan fingerprint density at radius 3 is 2.65 bits per heavy atom. The molecule has 120 valence electrons. The quantitative estimate of drug-likeness (QED) is 0.782. The number of carbonyl (C=O) groups is 2. The fourth-order valence-corrected chi connectivity index (χ4v) is 2.28. The molecule has 2 rings (SSSR count). The summed E-state index contributed by atoms with van der Waals surface area (Å²) < 4.78 is 5.05. The van der Waals surface area contributed by atoms with E-state index in [1.807, 2.05) is 13.0 Å². The molecule has 1 heterocycles. The molecule has 2 aromatic rings. The lowest BCUT2D eigenvalue weighted by atomic mass is 10.0. The van der Waals surface area contributed by atoms with Gasteiger partial charge in [0.25, 0.3) is 0 Å². The van der Waals surface area contributed by atoms with Crippen molar-refractivity contribution in [3.63, 3.8) is 0 Å². The van der Waals surface area contributed by atoms with Crippen molar-refractivity contribution in [2.45, 2.75) is 26.7 Å². The van der Waals surface area contributed by atoms with Gasteiger partial charge in [-0.2, -0.15) is 0 Å². The van der Waals surface area contributed by atoms with Gasteiger partial charge in [0.15, 0.2) is 0 Å². The minimum atomic E-state index is -0.407. The van der Waals surface area contributed by atoms with Gasteiger partial charge in [-0.1, -0.05) is 18.3 Å². The zero-order valence-corrected chi connectivity index (χ0v) is 13.8. The number of rotatable bonds is 6. The van der Waals surface area contributed by atoms with E-state index < -0.39 is 6.03 Å². The third-order valence-corrected chi connectivity index (χ3v) is 3.34. The van der Waals surface area contributed by atoms with E-state index in [2.05, 4.69) is 10.6 Å². The highest BCUT2D eigenvalue weighted by atomic mass is 32.1. The summed E-state index contributed by atoms with van der Waals surface area (Å²) >= 11 is 4.96. The Hall–Kier alpha value is -2.47. The number of aryl methyl sites for hydroxylation is 1. The van der Waals surface area contributed by atoms with Gasteiger partial charge in [0.05, 0.1) is 6.26 Å². The van der Waals surface area contributed by atoms with Gasteiger partial charge in [0.1, 0.15) is 5.78 Å². The van der Waals surface area contributed by atoms with Crippen LogP contribution < -0.4 is 10.6 Å². The van der Waals surface area contributed by atoms with E-state index in [1.54, 1.807) is 31.2 Å². The molecule has 0 atom stereocenters. The third kappa shape index (κ3) is 5.34. The SMILES string of the molecule is CC(=S)CC(=O)Cc1cc(NC(=O)Nc2ccco2)ccc1C. The highest BCUT2D eigenvalue weighted by Gasteiger charge is 2.10. The Balaban J connectivity index is 2.02. The van der Waals surface area contributed by atoms with Gasteiger partial charge in [0.2, 0.25) is 5.88 Å². The normalized spacial score (nSPS) is 10.2. The smallest absolute Gasteiger partial charge is 0.326 e. The molecule has 0 aliphatic rings. The number of Topliss-reactive ketones (excluding diaryl/α,β-unsaturated/α-hetero) is 1. The van der Waals surface area contributed by atoms with Gasteiger partial charge >= 0.3 is 6.03 Å². The number of hydrogen-bond acceptors (Lipinski definition) is 4. The molecule has 6 heteroatoms. The van der Waals surface area contributed by atoms with Crippen LogP contribution in [-0.2, 0) is 11.2 Å². The molecule has 0 radical (unpaired) electrons. The van der Waals surface area contributed by atoms with E-state index in [0.29, 0.717) is 29.3 Å². The predicted octanol–water partition coefficient (Wildman–Crippen LogP) is 4.12. The van der Waals surface area contributed by atoms with Crippen molar-refractivity contribution in [2.24, 2.45) is 0 Å². The third-order valence-electron chi connectivity index (χ3n) is 3.20. The second kappa shape index (κ2) is 7.69. The maximum Gasteiger partial charge on any atom is 0.326 e. The fourth-order valence-electron chi connectivity index (χ4n) is 2.12. The van der Waals surface area contributed by atoms with Crippen LogP contribution in [0.1, 0.15) is 24.5 Å². The number of ketones is 1. The average Bonchev–Trinajstić information content (AvgIpc) is 2.94. The number of anilines is 2. The molecule has 0 aliphatic carbocycles. The first-order valence-electron chi connectivity index (χ1n) is 7.16. The summed E-state index contributed by atoms with van der Waals surface area (Å²) in [6, 6.07) is 8.38. The van der Waals surface area contributed by atoms with Gasteiger partial charge in [-0.25, -0.2) is 4.79 Å². The highest BCUT2D eigenvalue weighted by Crippen LogP contribution is 2.17. The molecule has 23 heavy (non-hydrogen) atoms. The molecule has 1 aromatic heterocycles. The Morgan fingerprint density at radius 1 is 1.22 bits per heavy atom. The minimum absolute atomic E-state index is 0.0674. The molecular formula is C17H18N2O3S. The van der Waals surface area contributed by atoms with E-state index >= 15 is 0 Å². The number of amides is 2. The van der Waals surface area contributed by atoms with E-state index in [1.165, 1.54) is 6.26 Å².